The zero-order valence-electron chi connectivity index (χ0n) is 33.7. The second-order valence-corrected chi connectivity index (χ2v) is 11.3. The van der Waals surface area contributed by atoms with E-state index < -0.39 is 24.4 Å². The Hall–Kier alpha value is -4.84. The molecule has 0 aliphatic carbocycles. The van der Waals surface area contributed by atoms with Gasteiger partial charge in [-0.15, -0.1) is 0 Å². The number of aromatic nitrogens is 2. The fourth-order valence-electron chi connectivity index (χ4n) is 4.56. The van der Waals surface area contributed by atoms with Crippen LogP contribution >= 0.6 is 0 Å². The number of ether oxygens (including phenoxy) is 8. The topological polar surface area (TPSA) is 203 Å². The van der Waals surface area contributed by atoms with Crippen LogP contribution in [0.15, 0.2) is 45.6 Å². The van der Waals surface area contributed by atoms with Crippen LogP contribution in [0.5, 0.6) is 0 Å². The lowest BCUT2D eigenvalue weighted by atomic mass is 10.1. The Balaban J connectivity index is 0.000000435. The van der Waals surface area contributed by atoms with Crippen molar-refractivity contribution in [2.24, 2.45) is 5.92 Å². The molecule has 17 heteroatoms. The highest BCUT2D eigenvalue weighted by atomic mass is 16.8. The summed E-state index contributed by atoms with van der Waals surface area (Å²) in [6, 6.07) is 6.59. The summed E-state index contributed by atoms with van der Waals surface area (Å²) in [7, 11) is 3.48. The molecular weight excluding hydrogens is 722 g/mol. The zero-order valence-corrected chi connectivity index (χ0v) is 33.7. The summed E-state index contributed by atoms with van der Waals surface area (Å²) >= 11 is 0. The third kappa shape index (κ3) is 17.0. The van der Waals surface area contributed by atoms with Gasteiger partial charge in [0, 0.05) is 50.4 Å². The van der Waals surface area contributed by atoms with Gasteiger partial charge >= 0.3 is 18.1 Å². The summed E-state index contributed by atoms with van der Waals surface area (Å²) in [6.45, 7) is 18.9. The van der Waals surface area contributed by atoms with Crippen molar-refractivity contribution in [3.63, 3.8) is 0 Å². The van der Waals surface area contributed by atoms with Gasteiger partial charge in [0.25, 0.3) is 12.8 Å². The maximum Gasteiger partial charge on any atom is 0.511 e. The maximum absolute atomic E-state index is 12.3. The summed E-state index contributed by atoms with van der Waals surface area (Å²) < 4.78 is 49.8. The molecule has 17 nitrogen and oxygen atoms in total. The molecule has 0 radical (unpaired) electrons. The van der Waals surface area contributed by atoms with Gasteiger partial charge in [0.1, 0.15) is 30.4 Å². The van der Waals surface area contributed by atoms with Crippen molar-refractivity contribution in [3.8, 4) is 0 Å². The number of H-pyrrole nitrogens is 2. The Kier molecular flexibility index (Phi) is 24.3. The predicted molar refractivity (Wildman–Crippen MR) is 202 cm³/mol. The van der Waals surface area contributed by atoms with Crippen molar-refractivity contribution in [1.82, 2.24) is 14.9 Å². The minimum Gasteiger partial charge on any atom is -0.463 e. The molecule has 2 N–H and O–H groups in total. The number of carbonyl (C=O) groups is 4. The number of furan rings is 2. The van der Waals surface area contributed by atoms with Crippen LogP contribution in [-0.4, -0.2) is 112 Å². The first-order valence-electron chi connectivity index (χ1n) is 18.5. The van der Waals surface area contributed by atoms with Crippen molar-refractivity contribution in [3.05, 3.63) is 48.2 Å². The second-order valence-electron chi connectivity index (χ2n) is 11.3. The van der Waals surface area contributed by atoms with E-state index in [1.807, 2.05) is 48.6 Å². The van der Waals surface area contributed by atoms with E-state index in [1.165, 1.54) is 13.4 Å². The average Bonchev–Trinajstić information content (AvgIpc) is 4.01. The minimum atomic E-state index is -1.03. The first-order valence-corrected chi connectivity index (χ1v) is 18.5. The number of rotatable bonds is 10. The van der Waals surface area contributed by atoms with Crippen molar-refractivity contribution in [1.29, 1.82) is 0 Å². The van der Waals surface area contributed by atoms with E-state index >= 15 is 0 Å². The number of hydrogen-bond acceptors (Lipinski definition) is 15. The average molecular weight is 782 g/mol. The lowest BCUT2D eigenvalue weighted by Crippen LogP contribution is -2.37. The van der Waals surface area contributed by atoms with Crippen LogP contribution in [0.4, 0.5) is 4.79 Å². The van der Waals surface area contributed by atoms with Gasteiger partial charge in [0.15, 0.2) is 18.0 Å². The normalized spacial score (nSPS) is 14.7. The van der Waals surface area contributed by atoms with Crippen LogP contribution in [0.3, 0.4) is 0 Å². The molecule has 6 heterocycles. The van der Waals surface area contributed by atoms with Crippen molar-refractivity contribution in [2.45, 2.75) is 86.7 Å². The number of hydrogen-bond donors (Lipinski definition) is 2. The van der Waals surface area contributed by atoms with Gasteiger partial charge in [0.2, 0.25) is 0 Å². The van der Waals surface area contributed by atoms with Crippen LogP contribution in [0, 0.1) is 5.92 Å². The minimum absolute atomic E-state index is 0.0563. The van der Waals surface area contributed by atoms with Crippen LogP contribution in [0.2, 0.25) is 0 Å². The molecule has 2 fully saturated rings. The van der Waals surface area contributed by atoms with Crippen LogP contribution in [0.1, 0.15) is 89.2 Å². The van der Waals surface area contributed by atoms with E-state index in [2.05, 4.69) is 24.3 Å². The molecule has 0 bridgehead atoms. The molecular formula is C38H59N3O14. The third-order valence-electron chi connectivity index (χ3n) is 7.16. The first-order chi connectivity index (χ1) is 26.7. The molecule has 55 heavy (non-hydrogen) atoms. The number of carbonyl (C=O) groups excluding carboxylic acids is 4. The Morgan fingerprint density at radius 2 is 1.36 bits per heavy atom. The van der Waals surface area contributed by atoms with Gasteiger partial charge in [0.05, 0.1) is 36.8 Å². The SMILES string of the molecule is CC.CC.CC.CC(C)C(OC(=O)OC1CCN(C)CC1)OC(=O)c1cc2occc2[nH]1.COCOC(=O)c1cc2occc2[nH]1.O=COC1COCOC1. The van der Waals surface area contributed by atoms with Gasteiger partial charge in [-0.1, -0.05) is 55.4 Å². The highest BCUT2D eigenvalue weighted by Gasteiger charge is 2.28. The van der Waals surface area contributed by atoms with Crippen molar-refractivity contribution in [2.75, 3.05) is 54.0 Å². The Morgan fingerprint density at radius 1 is 0.836 bits per heavy atom. The van der Waals surface area contributed by atoms with Gasteiger partial charge in [-0.2, -0.15) is 0 Å². The largest absolute Gasteiger partial charge is 0.511 e. The summed E-state index contributed by atoms with van der Waals surface area (Å²) in [4.78, 5) is 53.3. The lowest BCUT2D eigenvalue weighted by Gasteiger charge is -2.29. The zero-order chi connectivity index (χ0) is 41.2. The predicted octanol–water partition coefficient (Wildman–Crippen LogP) is 7.28. The molecule has 1 unspecified atom stereocenters. The van der Waals surface area contributed by atoms with Crippen LogP contribution in [0.25, 0.3) is 22.2 Å². The molecule has 4 aromatic rings. The number of methoxy groups -OCH3 is 1. The number of likely N-dealkylation sites (tertiary alicyclic amines) is 1. The molecule has 1 atom stereocenters. The molecule has 2 aliphatic heterocycles. The van der Waals surface area contributed by atoms with Gasteiger partial charge < -0.3 is 61.6 Å². The molecule has 2 saturated heterocycles. The molecule has 4 aromatic heterocycles. The maximum atomic E-state index is 12.3. The quantitative estimate of drug-likeness (QED) is 0.0702. The molecule has 0 spiro atoms. The third-order valence-corrected chi connectivity index (χ3v) is 7.16. The highest BCUT2D eigenvalue weighted by molar-refractivity contribution is 5.93. The monoisotopic (exact) mass is 781 g/mol. The smallest absolute Gasteiger partial charge is 0.463 e. The van der Waals surface area contributed by atoms with Crippen LogP contribution in [-0.2, 0) is 42.7 Å². The fourth-order valence-corrected chi connectivity index (χ4v) is 4.56. The highest BCUT2D eigenvalue weighted by Crippen LogP contribution is 2.20. The summed E-state index contributed by atoms with van der Waals surface area (Å²) in [5.41, 5.74) is 3.25. The van der Waals surface area contributed by atoms with E-state index in [0.29, 0.717) is 48.9 Å². The molecule has 0 saturated carbocycles. The van der Waals surface area contributed by atoms with Crippen LogP contribution < -0.4 is 0 Å². The number of nitrogens with zero attached hydrogens (tertiary/aromatic N) is 1. The number of esters is 2. The Labute approximate surface area is 322 Å². The lowest BCUT2D eigenvalue weighted by molar-refractivity contribution is -0.172. The number of aromatic amines is 2. The van der Waals surface area contributed by atoms with E-state index in [9.17, 15) is 19.2 Å². The fraction of sp³-hybridized carbons (Fsp3) is 0.579. The van der Waals surface area contributed by atoms with E-state index in [0.717, 1.165) is 31.4 Å². The Morgan fingerprint density at radius 3 is 1.84 bits per heavy atom. The standard InChI is InChI=1S/C18H24N2O6.C9H9NO4.C5H8O4.3C2H6/c1-11(2)17(26-18(22)24-12-4-7-20(3)8-5-12)25-16(21)14-10-15-13(19-14)6-9-23-15;1-12-5-14-9(11)7-4-8-6(10-7)2-3-13-8;6-3-9-5-1-7-4-8-2-5;3*1-2/h6,9-12,17,19H,4-5,7-8H2,1-3H3;2-4,10H,5H2,1H3;3,5H,1-2,4H2;3*1-2H3. The Bertz CT molecular complexity index is 1550. The van der Waals surface area contributed by atoms with Gasteiger partial charge in [-0.3, -0.25) is 4.79 Å². The number of nitrogens with one attached hydrogen (secondary N) is 2. The summed E-state index contributed by atoms with van der Waals surface area (Å²) in [5.74, 6) is -1.30. The molecule has 310 valence electrons. The first kappa shape index (κ1) is 48.2. The van der Waals surface area contributed by atoms with Crippen molar-refractivity contribution >= 4 is 46.8 Å². The number of piperidine rings is 1. The molecule has 0 aromatic carbocycles. The van der Waals surface area contributed by atoms with Crippen molar-refractivity contribution < 1.29 is 65.9 Å². The summed E-state index contributed by atoms with van der Waals surface area (Å²) in [5, 5.41) is 0. The molecule has 0 amide bonds. The van der Waals surface area contributed by atoms with E-state index in [4.69, 9.17) is 37.3 Å². The number of fused-ring (bicyclic) bond motifs is 2. The van der Waals surface area contributed by atoms with E-state index in [-0.39, 0.29) is 30.6 Å². The molecule has 6 rings (SSSR count). The molecule has 2 aliphatic rings. The summed E-state index contributed by atoms with van der Waals surface area (Å²) in [6.07, 6.45) is 2.37. The van der Waals surface area contributed by atoms with E-state index in [1.54, 1.807) is 44.4 Å². The second kappa shape index (κ2) is 27.7. The van der Waals surface area contributed by atoms with Gasteiger partial charge in [-0.25, -0.2) is 14.4 Å². The van der Waals surface area contributed by atoms with Gasteiger partial charge in [-0.05, 0) is 19.9 Å².